The van der Waals surface area contributed by atoms with Crippen LogP contribution in [-0.4, -0.2) is 119 Å². The summed E-state index contributed by atoms with van der Waals surface area (Å²) in [6, 6.07) is 17.3. The van der Waals surface area contributed by atoms with Gasteiger partial charge in [0.05, 0.1) is 39.1 Å². The molecule has 0 radical (unpaired) electrons. The monoisotopic (exact) mass is 1020 g/mol. The summed E-state index contributed by atoms with van der Waals surface area (Å²) in [5.41, 5.74) is 13.7. The number of benzene rings is 2. The van der Waals surface area contributed by atoms with Crippen LogP contribution in [0.3, 0.4) is 0 Å². The number of ether oxygens (including phenoxy) is 4. The van der Waals surface area contributed by atoms with Gasteiger partial charge >= 0.3 is 31.3 Å². The molecule has 67 heavy (non-hydrogen) atoms. The molecule has 2 aliphatic rings. The van der Waals surface area contributed by atoms with E-state index in [2.05, 4.69) is 42.8 Å². The van der Waals surface area contributed by atoms with Crippen molar-refractivity contribution in [2.75, 3.05) is 24.7 Å². The number of aliphatic hydroxyl groups is 2. The Bertz CT molecular complexity index is 2700. The highest BCUT2D eigenvalue weighted by Crippen LogP contribution is 2.71. The first-order valence-electron chi connectivity index (χ1n) is 19.4. The van der Waals surface area contributed by atoms with Crippen LogP contribution >= 0.6 is 31.3 Å². The maximum Gasteiger partial charge on any atom is 0.490 e. The molecular formula is C34H40N10O19P4. The molecule has 4 aromatic heterocycles. The molecule has 0 saturated carbocycles. The van der Waals surface area contributed by atoms with E-state index in [-0.39, 0.29) is 47.2 Å². The number of hydrogen-bond donors (Lipinski definition) is 8. The summed E-state index contributed by atoms with van der Waals surface area (Å²) in [6.07, 6.45) is -6.43. The molecule has 2 fully saturated rings. The van der Waals surface area contributed by atoms with Gasteiger partial charge in [-0.15, -0.1) is 0 Å². The second-order valence-electron chi connectivity index (χ2n) is 14.5. The minimum Gasteiger partial charge on any atom is -0.386 e. The number of fused-ring (bicyclic) bond motifs is 2. The van der Waals surface area contributed by atoms with E-state index >= 15 is 0 Å². The molecule has 0 aliphatic carbocycles. The van der Waals surface area contributed by atoms with Crippen LogP contribution in [0.25, 0.3) is 22.3 Å². The molecule has 0 amide bonds. The lowest BCUT2D eigenvalue weighted by atomic mass is 10.1. The lowest BCUT2D eigenvalue weighted by molar-refractivity contribution is -0.0641. The van der Waals surface area contributed by atoms with Gasteiger partial charge in [-0.25, -0.2) is 48.2 Å². The maximum atomic E-state index is 13.0. The molecule has 6 aromatic rings. The second-order valence-corrected chi connectivity index (χ2v) is 20.7. The zero-order chi connectivity index (χ0) is 47.7. The van der Waals surface area contributed by atoms with E-state index in [0.717, 1.165) is 12.7 Å². The van der Waals surface area contributed by atoms with E-state index in [4.69, 9.17) is 39.5 Å². The number of imidazole rings is 2. The highest BCUT2D eigenvalue weighted by Gasteiger charge is 2.51. The third-order valence-electron chi connectivity index (χ3n) is 9.93. The summed E-state index contributed by atoms with van der Waals surface area (Å²) in [5, 5.41) is 22.7. The average molecular weight is 1020 g/mol. The van der Waals surface area contributed by atoms with Crippen LogP contribution in [0.4, 0.5) is 11.6 Å². The molecule has 360 valence electrons. The highest BCUT2D eigenvalue weighted by atomic mass is 31.3. The molecule has 2 aliphatic heterocycles. The number of rotatable bonds is 20. The van der Waals surface area contributed by atoms with Gasteiger partial charge in [0.2, 0.25) is 0 Å². The Morgan fingerprint density at radius 1 is 0.552 bits per heavy atom. The minimum atomic E-state index is -6.23. The van der Waals surface area contributed by atoms with Crippen LogP contribution in [0.2, 0.25) is 0 Å². The number of phosphoric ester groups is 2. The van der Waals surface area contributed by atoms with Gasteiger partial charge in [0.25, 0.3) is 0 Å². The SMILES string of the molecule is Nc1ncnc2c1ncn2[C@@H]1O[C@H](COP(=O)(O)OP(=O)(O)OP(=O)(O)OP(=O)(O)OC[C@H]2O[C@H](n3cnc4c(N)ncnc43)[C@@H](O)[C@H]2OCc2ccccc2)[C@@H](OCc2ccccc2)[C@H]1O. The van der Waals surface area contributed by atoms with E-state index < -0.39 is 93.6 Å². The average Bonchev–Trinajstić information content (AvgIpc) is 4.04. The quantitative estimate of drug-likeness (QED) is 0.0507. The normalized spacial score (nSPS) is 26.8. The summed E-state index contributed by atoms with van der Waals surface area (Å²) in [7, 11) is -24.1. The van der Waals surface area contributed by atoms with Gasteiger partial charge in [-0.05, 0) is 11.1 Å². The molecule has 0 spiro atoms. The number of hydrogen-bond acceptors (Lipinski definition) is 23. The molecule has 2 aromatic carbocycles. The lowest BCUT2D eigenvalue weighted by Gasteiger charge is -2.23. The van der Waals surface area contributed by atoms with E-state index in [9.17, 15) is 48.0 Å². The van der Waals surface area contributed by atoms with Crippen molar-refractivity contribution in [1.82, 2.24) is 39.0 Å². The first kappa shape index (κ1) is 48.9. The van der Waals surface area contributed by atoms with Crippen molar-refractivity contribution in [1.29, 1.82) is 0 Å². The second kappa shape index (κ2) is 19.8. The van der Waals surface area contributed by atoms with Gasteiger partial charge in [0, 0.05) is 0 Å². The standard InChI is InChI=1S/C34H40N10O19P4/c35-29-23-31(39-15-37-29)43(17-41-23)33-25(45)27(55-11-19-7-3-1-4-8-19)21(59-33)13-57-64(47,48)61-66(51,52)63-67(53,54)62-65(49,50)58-14-22-28(56-12-20-9-5-2-6-10-20)26(46)34(60-22)44-18-42-24-30(36)38-16-40-32(24)44/h1-10,15-18,21-22,25-28,33-34,45-46H,11-14H2,(H,47,48)(H,49,50)(H,51,52)(H,53,54)(H2,35,37,39)(H2,36,38,40)/t21-,22-,25-,26+,27-,28+,33-,34+/m1/s1. The molecule has 10 N–H and O–H groups in total. The zero-order valence-corrected chi connectivity index (χ0v) is 37.6. The fourth-order valence-electron chi connectivity index (χ4n) is 7.03. The molecule has 8 rings (SSSR count). The molecule has 2 saturated heterocycles. The lowest BCUT2D eigenvalue weighted by Crippen LogP contribution is -2.36. The van der Waals surface area contributed by atoms with Crippen molar-refractivity contribution in [3.05, 3.63) is 97.1 Å². The fraction of sp³-hybridized carbons (Fsp3) is 0.353. The van der Waals surface area contributed by atoms with E-state index in [1.54, 1.807) is 60.7 Å². The van der Waals surface area contributed by atoms with Crippen molar-refractivity contribution < 1.29 is 89.0 Å². The van der Waals surface area contributed by atoms with E-state index in [1.165, 1.54) is 21.8 Å². The van der Waals surface area contributed by atoms with Crippen LogP contribution < -0.4 is 11.5 Å². The first-order valence-corrected chi connectivity index (χ1v) is 25.4. The highest BCUT2D eigenvalue weighted by molar-refractivity contribution is 7.69. The maximum absolute atomic E-state index is 13.0. The molecule has 0 bridgehead atoms. The number of anilines is 2. The minimum absolute atomic E-state index is 0.0181. The van der Waals surface area contributed by atoms with E-state index in [0.29, 0.717) is 11.1 Å². The van der Waals surface area contributed by atoms with Crippen molar-refractivity contribution >= 4 is 65.3 Å². The summed E-state index contributed by atoms with van der Waals surface area (Å²) in [4.78, 5) is 65.6. The topological polar surface area (TPSA) is 412 Å². The third kappa shape index (κ3) is 11.5. The number of aromatic nitrogens is 8. The third-order valence-corrected chi connectivity index (χ3v) is 15.8. The molecule has 33 heteroatoms. The Hall–Kier alpha value is -4.54. The zero-order valence-electron chi connectivity index (χ0n) is 34.0. The van der Waals surface area contributed by atoms with Crippen molar-refractivity contribution in [3.63, 3.8) is 0 Å². The number of nitrogens with zero attached hydrogens (tertiary/aromatic N) is 8. The van der Waals surface area contributed by atoms with Crippen LogP contribution in [0.5, 0.6) is 0 Å². The Morgan fingerprint density at radius 3 is 1.31 bits per heavy atom. The molecule has 6 heterocycles. The van der Waals surface area contributed by atoms with Crippen LogP contribution in [0.15, 0.2) is 86.0 Å². The predicted octanol–water partition coefficient (Wildman–Crippen LogP) is 2.00. The summed E-state index contributed by atoms with van der Waals surface area (Å²) in [5.74, 6) is 0.0362. The van der Waals surface area contributed by atoms with Crippen molar-refractivity contribution in [3.8, 4) is 0 Å². The van der Waals surface area contributed by atoms with Gasteiger partial charge in [-0.3, -0.25) is 18.2 Å². The predicted molar refractivity (Wildman–Crippen MR) is 224 cm³/mol. The number of nitrogen functional groups attached to an aromatic ring is 2. The molecule has 4 unspecified atom stereocenters. The Labute approximate surface area is 376 Å². The first-order chi connectivity index (χ1) is 31.8. The van der Waals surface area contributed by atoms with Gasteiger partial charge in [-0.1, -0.05) is 60.7 Å². The summed E-state index contributed by atoms with van der Waals surface area (Å²) >= 11 is 0. The van der Waals surface area contributed by atoms with Gasteiger partial charge in [-0.2, -0.15) is 12.9 Å². The molecule has 12 atom stereocenters. The number of phosphoric acid groups is 4. The number of nitrogens with two attached hydrogens (primary N) is 2. The van der Waals surface area contributed by atoms with Gasteiger partial charge in [0.1, 0.15) is 60.3 Å². The van der Waals surface area contributed by atoms with Crippen molar-refractivity contribution in [2.45, 2.75) is 62.3 Å². The number of aliphatic hydroxyl groups excluding tert-OH is 2. The molecular weight excluding hydrogens is 976 g/mol. The Balaban J connectivity index is 0.900. The smallest absolute Gasteiger partial charge is 0.386 e. The van der Waals surface area contributed by atoms with Crippen LogP contribution in [0, 0.1) is 0 Å². The van der Waals surface area contributed by atoms with Gasteiger partial charge < -0.3 is 60.2 Å². The van der Waals surface area contributed by atoms with E-state index in [1.807, 2.05) is 0 Å². The largest absolute Gasteiger partial charge is 0.490 e. The summed E-state index contributed by atoms with van der Waals surface area (Å²) < 4.78 is 100. The fourth-order valence-corrected chi connectivity index (χ4v) is 12.0. The van der Waals surface area contributed by atoms with Crippen molar-refractivity contribution in [2.24, 2.45) is 0 Å². The summed E-state index contributed by atoms with van der Waals surface area (Å²) in [6.45, 7) is -2.18. The molecule has 29 nitrogen and oxygen atoms in total. The Morgan fingerprint density at radius 2 is 0.925 bits per heavy atom. The van der Waals surface area contributed by atoms with Crippen LogP contribution in [0.1, 0.15) is 23.6 Å². The van der Waals surface area contributed by atoms with Gasteiger partial charge in [0.15, 0.2) is 35.4 Å². The van der Waals surface area contributed by atoms with Crippen LogP contribution in [-0.2, 0) is 72.4 Å². The Kier molecular flexibility index (Phi) is 14.5.